The van der Waals surface area contributed by atoms with Crippen LogP contribution in [0.25, 0.3) is 0 Å². The first kappa shape index (κ1) is 59.3. The fraction of sp³-hybridized carbons (Fsp3) is 0.891. The molecule has 0 rings (SSSR count). The minimum Gasteiger partial charge on any atom is -0.466 e. The van der Waals surface area contributed by atoms with E-state index in [-0.39, 0.29) is 18.5 Å². The average Bonchev–Trinajstić information content (AvgIpc) is 3.26. The number of unbranched alkanes of at least 4 members (excludes halogenated alkanes) is 37. The van der Waals surface area contributed by atoms with Crippen LogP contribution in [0.4, 0.5) is 0 Å². The SMILES string of the molecule is CCCCCCCCCCCCCCCC/C=C/C(O)C(CO)NC(=O)CCCCCCC/C=C\CCCCCCCCCOC(=O)CCCCCCCCCCCCCC. The van der Waals surface area contributed by atoms with E-state index in [2.05, 4.69) is 31.3 Å². The highest BCUT2D eigenvalue weighted by Crippen LogP contribution is 2.16. The Morgan fingerprint density at radius 2 is 0.770 bits per heavy atom. The second-order valence-corrected chi connectivity index (χ2v) is 18.6. The van der Waals surface area contributed by atoms with Crippen molar-refractivity contribution in [1.29, 1.82) is 0 Å². The maximum Gasteiger partial charge on any atom is 0.305 e. The van der Waals surface area contributed by atoms with E-state index in [1.165, 1.54) is 199 Å². The third-order valence-electron chi connectivity index (χ3n) is 12.5. The number of nitrogens with one attached hydrogen (secondary N) is 1. The summed E-state index contributed by atoms with van der Waals surface area (Å²) in [5.41, 5.74) is 0. The highest BCUT2D eigenvalue weighted by atomic mass is 16.5. The molecule has 61 heavy (non-hydrogen) atoms. The Morgan fingerprint density at radius 1 is 0.443 bits per heavy atom. The second kappa shape index (κ2) is 51.0. The van der Waals surface area contributed by atoms with Crippen LogP contribution >= 0.6 is 0 Å². The summed E-state index contributed by atoms with van der Waals surface area (Å²) >= 11 is 0. The molecule has 6 nitrogen and oxygen atoms in total. The number of esters is 1. The summed E-state index contributed by atoms with van der Waals surface area (Å²) in [5, 5.41) is 23.1. The molecular weight excluding hydrogens is 755 g/mol. The number of carbonyl (C=O) groups is 2. The van der Waals surface area contributed by atoms with Crippen molar-refractivity contribution in [3.05, 3.63) is 24.3 Å². The molecule has 1 amide bonds. The van der Waals surface area contributed by atoms with Crippen molar-refractivity contribution in [3.63, 3.8) is 0 Å². The molecule has 0 radical (unpaired) electrons. The van der Waals surface area contributed by atoms with E-state index in [1.807, 2.05) is 6.08 Å². The van der Waals surface area contributed by atoms with Gasteiger partial charge in [-0.2, -0.15) is 0 Å². The number of carbonyl (C=O) groups excluding carboxylic acids is 2. The van der Waals surface area contributed by atoms with Crippen LogP contribution in [0, 0.1) is 0 Å². The van der Waals surface area contributed by atoms with Crippen LogP contribution in [0.15, 0.2) is 24.3 Å². The van der Waals surface area contributed by atoms with Gasteiger partial charge in [0.15, 0.2) is 0 Å². The molecule has 0 spiro atoms. The second-order valence-electron chi connectivity index (χ2n) is 18.6. The fourth-order valence-corrected chi connectivity index (χ4v) is 8.27. The zero-order valence-electron chi connectivity index (χ0n) is 40.9. The highest BCUT2D eigenvalue weighted by Gasteiger charge is 2.18. The Labute approximate surface area is 380 Å². The Bertz CT molecular complexity index is 951. The topological polar surface area (TPSA) is 95.9 Å². The van der Waals surface area contributed by atoms with Gasteiger partial charge in [-0.3, -0.25) is 9.59 Å². The summed E-state index contributed by atoms with van der Waals surface area (Å²) in [6.45, 7) is 4.88. The minimum atomic E-state index is -0.854. The number of aliphatic hydroxyl groups excluding tert-OH is 2. The number of allylic oxidation sites excluding steroid dienone is 3. The van der Waals surface area contributed by atoms with E-state index in [0.29, 0.717) is 19.4 Å². The molecule has 0 bridgehead atoms. The maximum absolute atomic E-state index is 12.4. The quantitative estimate of drug-likeness (QED) is 0.0322. The Morgan fingerprint density at radius 3 is 1.16 bits per heavy atom. The number of aliphatic hydroxyl groups is 2. The summed E-state index contributed by atoms with van der Waals surface area (Å²) in [5.74, 6) is -0.0873. The van der Waals surface area contributed by atoms with Crippen molar-refractivity contribution >= 4 is 11.9 Å². The van der Waals surface area contributed by atoms with Gasteiger partial charge in [-0.25, -0.2) is 0 Å². The molecule has 0 saturated carbocycles. The molecule has 0 aromatic carbocycles. The molecule has 2 unspecified atom stereocenters. The zero-order chi connectivity index (χ0) is 44.4. The standard InChI is InChI=1S/C55H105NO5/c1-3-5-7-9-11-13-15-17-18-21-24-27-31-35-39-43-47-53(58)52(51-57)56-54(59)48-44-40-36-32-28-25-22-19-20-23-26-30-34-38-42-46-50-61-55(60)49-45-41-37-33-29-16-14-12-10-8-6-4-2/h19,22,43,47,52-53,57-58H,3-18,20-21,23-42,44-46,48-51H2,1-2H3,(H,56,59)/b22-19-,47-43+. The van der Waals surface area contributed by atoms with Gasteiger partial charge in [0.2, 0.25) is 5.91 Å². The van der Waals surface area contributed by atoms with E-state index < -0.39 is 12.1 Å². The van der Waals surface area contributed by atoms with Crippen molar-refractivity contribution in [3.8, 4) is 0 Å². The molecule has 0 aliphatic carbocycles. The van der Waals surface area contributed by atoms with Gasteiger partial charge in [-0.1, -0.05) is 244 Å². The molecule has 0 saturated heterocycles. The van der Waals surface area contributed by atoms with Crippen LogP contribution in [0.5, 0.6) is 0 Å². The fourth-order valence-electron chi connectivity index (χ4n) is 8.27. The van der Waals surface area contributed by atoms with Crippen LogP contribution < -0.4 is 5.32 Å². The van der Waals surface area contributed by atoms with Crippen molar-refractivity contribution < 1.29 is 24.5 Å². The first-order valence-electron chi connectivity index (χ1n) is 27.1. The molecule has 0 aromatic rings. The van der Waals surface area contributed by atoms with Crippen LogP contribution in [-0.2, 0) is 14.3 Å². The lowest BCUT2D eigenvalue weighted by Gasteiger charge is -2.20. The van der Waals surface area contributed by atoms with E-state index in [9.17, 15) is 19.8 Å². The molecular formula is C55H105NO5. The summed E-state index contributed by atoms with van der Waals surface area (Å²) in [6.07, 6.45) is 60.4. The van der Waals surface area contributed by atoms with Crippen LogP contribution in [-0.4, -0.2) is 47.4 Å². The number of ether oxygens (including phenoxy) is 1. The van der Waals surface area contributed by atoms with Crippen LogP contribution in [0.2, 0.25) is 0 Å². The van der Waals surface area contributed by atoms with Gasteiger partial charge in [-0.15, -0.1) is 0 Å². The lowest BCUT2D eigenvalue weighted by molar-refractivity contribution is -0.143. The average molecular weight is 860 g/mol. The molecule has 0 aromatic heterocycles. The zero-order valence-corrected chi connectivity index (χ0v) is 40.9. The predicted molar refractivity (Wildman–Crippen MR) is 264 cm³/mol. The molecule has 0 aliphatic rings. The normalized spacial score (nSPS) is 12.8. The molecule has 2 atom stereocenters. The third kappa shape index (κ3) is 47.7. The Balaban J connectivity index is 3.50. The largest absolute Gasteiger partial charge is 0.466 e. The molecule has 0 heterocycles. The molecule has 0 aliphatic heterocycles. The predicted octanol–water partition coefficient (Wildman–Crippen LogP) is 16.3. The monoisotopic (exact) mass is 860 g/mol. The van der Waals surface area contributed by atoms with Gasteiger partial charge in [-0.05, 0) is 57.8 Å². The molecule has 3 N–H and O–H groups in total. The Hall–Kier alpha value is -1.66. The molecule has 6 heteroatoms. The van der Waals surface area contributed by atoms with Gasteiger partial charge in [0.25, 0.3) is 0 Å². The number of amides is 1. The number of hydrogen-bond acceptors (Lipinski definition) is 5. The first-order chi connectivity index (χ1) is 30.0. The van der Waals surface area contributed by atoms with E-state index in [1.54, 1.807) is 6.08 Å². The van der Waals surface area contributed by atoms with E-state index in [0.717, 1.165) is 64.2 Å². The van der Waals surface area contributed by atoms with Crippen LogP contribution in [0.3, 0.4) is 0 Å². The Kier molecular flexibility index (Phi) is 49.6. The number of hydrogen-bond donors (Lipinski definition) is 3. The summed E-state index contributed by atoms with van der Waals surface area (Å²) < 4.78 is 5.45. The van der Waals surface area contributed by atoms with Crippen LogP contribution in [0.1, 0.15) is 290 Å². The smallest absolute Gasteiger partial charge is 0.305 e. The van der Waals surface area contributed by atoms with Crippen molar-refractivity contribution in [2.45, 2.75) is 302 Å². The minimum absolute atomic E-state index is 0.00327. The lowest BCUT2D eigenvalue weighted by atomic mass is 10.0. The van der Waals surface area contributed by atoms with Crippen molar-refractivity contribution in [2.24, 2.45) is 0 Å². The van der Waals surface area contributed by atoms with E-state index in [4.69, 9.17) is 4.74 Å². The summed E-state index contributed by atoms with van der Waals surface area (Å²) in [4.78, 5) is 24.4. The van der Waals surface area contributed by atoms with Crippen molar-refractivity contribution in [2.75, 3.05) is 13.2 Å². The van der Waals surface area contributed by atoms with Gasteiger partial charge in [0, 0.05) is 12.8 Å². The van der Waals surface area contributed by atoms with Gasteiger partial charge < -0.3 is 20.3 Å². The maximum atomic E-state index is 12.4. The molecule has 360 valence electrons. The first-order valence-corrected chi connectivity index (χ1v) is 27.1. The summed E-state index contributed by atoms with van der Waals surface area (Å²) in [6, 6.07) is -0.639. The van der Waals surface area contributed by atoms with E-state index >= 15 is 0 Å². The number of rotatable bonds is 50. The van der Waals surface area contributed by atoms with Gasteiger partial charge in [0.05, 0.1) is 25.4 Å². The van der Waals surface area contributed by atoms with Gasteiger partial charge >= 0.3 is 5.97 Å². The highest BCUT2D eigenvalue weighted by molar-refractivity contribution is 5.76. The van der Waals surface area contributed by atoms with Crippen molar-refractivity contribution in [1.82, 2.24) is 5.32 Å². The summed E-state index contributed by atoms with van der Waals surface area (Å²) in [7, 11) is 0. The molecule has 0 fully saturated rings. The van der Waals surface area contributed by atoms with Gasteiger partial charge in [0.1, 0.15) is 0 Å². The lowest BCUT2D eigenvalue weighted by Crippen LogP contribution is -2.45. The third-order valence-corrected chi connectivity index (χ3v) is 12.5.